The third-order valence-corrected chi connectivity index (χ3v) is 1.28. The fraction of sp³-hybridized carbons (Fsp3) is 1.00. The number of halogens is 1. The molecule has 0 aromatic carbocycles. The minimum absolute atomic E-state index is 0. The second-order valence-corrected chi connectivity index (χ2v) is 3.55. The van der Waals surface area contributed by atoms with Crippen LogP contribution in [0.5, 0.6) is 0 Å². The van der Waals surface area contributed by atoms with Crippen LogP contribution in [0.15, 0.2) is 0 Å². The molecule has 0 radical (unpaired) electrons. The van der Waals surface area contributed by atoms with E-state index in [2.05, 4.69) is 33.0 Å². The van der Waals surface area contributed by atoms with Crippen molar-refractivity contribution in [1.82, 2.24) is 0 Å². The molecule has 0 rings (SSSR count). The molecule has 0 fully saturated rings. The fourth-order valence-electron chi connectivity index (χ4n) is 0.763. The molecule has 0 saturated heterocycles. The van der Waals surface area contributed by atoms with Crippen molar-refractivity contribution in [3.8, 4) is 0 Å². The lowest BCUT2D eigenvalue weighted by Crippen LogP contribution is -3.00. The van der Waals surface area contributed by atoms with Crippen molar-refractivity contribution in [2.24, 2.45) is 11.8 Å². The van der Waals surface area contributed by atoms with E-state index in [-0.39, 0.29) is 4.70 Å². The summed E-state index contributed by atoms with van der Waals surface area (Å²) in [4.78, 5) is 0. The molecule has 0 saturated carbocycles. The molecular formula is C8H20FN. The van der Waals surface area contributed by atoms with Gasteiger partial charge in [-0.3, -0.25) is 0 Å². The van der Waals surface area contributed by atoms with Crippen molar-refractivity contribution in [1.29, 1.82) is 0 Å². The average Bonchev–Trinajstić information content (AvgIpc) is 1.63. The van der Waals surface area contributed by atoms with Gasteiger partial charge >= 0.3 is 0 Å². The quantitative estimate of drug-likeness (QED) is 0.470. The molecule has 2 heteroatoms. The van der Waals surface area contributed by atoms with E-state index in [9.17, 15) is 0 Å². The third-order valence-electron chi connectivity index (χ3n) is 1.28. The van der Waals surface area contributed by atoms with Crippen molar-refractivity contribution in [2.45, 2.75) is 27.7 Å². The topological polar surface area (TPSA) is 16.6 Å². The van der Waals surface area contributed by atoms with Crippen molar-refractivity contribution in [3.63, 3.8) is 0 Å². The Labute approximate surface area is 63.6 Å². The molecule has 10 heavy (non-hydrogen) atoms. The van der Waals surface area contributed by atoms with Gasteiger partial charge in [-0.1, -0.05) is 27.7 Å². The van der Waals surface area contributed by atoms with Gasteiger partial charge in [0, 0.05) is 11.8 Å². The van der Waals surface area contributed by atoms with Crippen LogP contribution in [0.4, 0.5) is 0 Å². The third kappa shape index (κ3) is 10.8. The Hall–Kier alpha value is -0.110. The van der Waals surface area contributed by atoms with E-state index >= 15 is 0 Å². The molecular weight excluding hydrogens is 129 g/mol. The molecule has 0 aliphatic heterocycles. The van der Waals surface area contributed by atoms with Gasteiger partial charge in [-0.15, -0.1) is 0 Å². The van der Waals surface area contributed by atoms with Gasteiger partial charge in [0.2, 0.25) is 0 Å². The van der Waals surface area contributed by atoms with E-state index in [1.165, 1.54) is 13.1 Å². The average molecular weight is 149 g/mol. The second-order valence-electron chi connectivity index (χ2n) is 3.55. The molecule has 64 valence electrons. The minimum atomic E-state index is 0. The first-order valence-electron chi connectivity index (χ1n) is 3.94. The predicted molar refractivity (Wildman–Crippen MR) is 41.3 cm³/mol. The Kier molecular flexibility index (Phi) is 8.79. The maximum atomic E-state index is 2.40. The molecule has 0 aromatic rings. The lowest BCUT2D eigenvalue weighted by atomic mass is 10.2. The van der Waals surface area contributed by atoms with Gasteiger partial charge in [-0.2, -0.15) is 0 Å². The first kappa shape index (κ1) is 12.6. The zero-order valence-corrected chi connectivity index (χ0v) is 7.52. The summed E-state index contributed by atoms with van der Waals surface area (Å²) >= 11 is 0. The molecule has 2 N–H and O–H groups in total. The molecule has 0 aliphatic rings. The van der Waals surface area contributed by atoms with Crippen molar-refractivity contribution in [2.75, 3.05) is 13.1 Å². The number of nitrogens with two attached hydrogens (primary N) is 1. The highest BCUT2D eigenvalue weighted by molar-refractivity contribution is 4.37. The molecule has 0 aromatic heterocycles. The van der Waals surface area contributed by atoms with E-state index < -0.39 is 0 Å². The Morgan fingerprint density at radius 2 is 1.20 bits per heavy atom. The number of rotatable bonds is 4. The zero-order valence-electron chi connectivity index (χ0n) is 7.52. The number of quaternary nitrogens is 1. The lowest BCUT2D eigenvalue weighted by Gasteiger charge is -2.05. The Morgan fingerprint density at radius 3 is 1.40 bits per heavy atom. The van der Waals surface area contributed by atoms with Gasteiger partial charge in [0.05, 0.1) is 13.1 Å². The molecule has 0 bridgehead atoms. The van der Waals surface area contributed by atoms with Gasteiger partial charge in [0.1, 0.15) is 0 Å². The molecule has 1 nitrogen and oxygen atoms in total. The summed E-state index contributed by atoms with van der Waals surface area (Å²) in [5.74, 6) is 1.67. The van der Waals surface area contributed by atoms with E-state index in [0.29, 0.717) is 0 Å². The molecule has 0 unspecified atom stereocenters. The Bertz CT molecular complexity index is 54.3. The highest BCUT2D eigenvalue weighted by Crippen LogP contribution is 1.84. The van der Waals surface area contributed by atoms with Crippen LogP contribution in [-0.2, 0) is 0 Å². The van der Waals surface area contributed by atoms with Crippen molar-refractivity contribution in [3.05, 3.63) is 0 Å². The van der Waals surface area contributed by atoms with Crippen LogP contribution in [0.3, 0.4) is 0 Å². The highest BCUT2D eigenvalue weighted by atomic mass is 19.0. The zero-order chi connectivity index (χ0) is 7.28. The summed E-state index contributed by atoms with van der Waals surface area (Å²) in [7, 11) is 0. The maximum absolute atomic E-state index is 2.40. The van der Waals surface area contributed by atoms with E-state index in [0.717, 1.165) is 11.8 Å². The SMILES string of the molecule is CC(C)C[NH2+]CC(C)C.[F-]. The van der Waals surface area contributed by atoms with Crippen LogP contribution >= 0.6 is 0 Å². The van der Waals surface area contributed by atoms with Crippen molar-refractivity contribution < 1.29 is 10.0 Å². The predicted octanol–water partition coefficient (Wildman–Crippen LogP) is -2.13. The fourth-order valence-corrected chi connectivity index (χ4v) is 0.763. The maximum Gasteiger partial charge on any atom is 0.0778 e. The van der Waals surface area contributed by atoms with Crippen LogP contribution in [0.1, 0.15) is 27.7 Å². The number of hydrogen-bond donors (Lipinski definition) is 1. The Morgan fingerprint density at radius 1 is 0.900 bits per heavy atom. The second kappa shape index (κ2) is 7.00. The van der Waals surface area contributed by atoms with Crippen LogP contribution in [0, 0.1) is 11.8 Å². The van der Waals surface area contributed by atoms with Gasteiger partial charge in [0.15, 0.2) is 0 Å². The van der Waals surface area contributed by atoms with E-state index in [1.54, 1.807) is 0 Å². The van der Waals surface area contributed by atoms with Crippen LogP contribution in [0.2, 0.25) is 0 Å². The Balaban J connectivity index is 0. The summed E-state index contributed by atoms with van der Waals surface area (Å²) in [6, 6.07) is 0. The van der Waals surface area contributed by atoms with Gasteiger partial charge in [0.25, 0.3) is 0 Å². The van der Waals surface area contributed by atoms with Crippen LogP contribution in [-0.4, -0.2) is 13.1 Å². The lowest BCUT2D eigenvalue weighted by molar-refractivity contribution is -0.664. The molecule has 0 heterocycles. The monoisotopic (exact) mass is 149 g/mol. The van der Waals surface area contributed by atoms with Gasteiger partial charge < -0.3 is 10.0 Å². The molecule has 0 atom stereocenters. The summed E-state index contributed by atoms with van der Waals surface area (Å²) in [6.45, 7) is 11.6. The summed E-state index contributed by atoms with van der Waals surface area (Å²) in [6.07, 6.45) is 0. The van der Waals surface area contributed by atoms with Gasteiger partial charge in [-0.05, 0) is 0 Å². The summed E-state index contributed by atoms with van der Waals surface area (Å²) < 4.78 is 0. The standard InChI is InChI=1S/C8H19N.FH/c1-7(2)5-9-6-8(3)4;/h7-9H,5-6H2,1-4H3;1H. The molecule has 0 spiro atoms. The van der Waals surface area contributed by atoms with Crippen LogP contribution < -0.4 is 10.0 Å². The van der Waals surface area contributed by atoms with Gasteiger partial charge in [-0.25, -0.2) is 0 Å². The summed E-state index contributed by atoms with van der Waals surface area (Å²) in [5.41, 5.74) is 0. The smallest absolute Gasteiger partial charge is 0.0778 e. The molecule has 0 amide bonds. The molecule has 0 aliphatic carbocycles. The normalized spacial score (nSPS) is 10.2. The van der Waals surface area contributed by atoms with E-state index in [1.807, 2.05) is 0 Å². The first-order chi connectivity index (χ1) is 4.13. The summed E-state index contributed by atoms with van der Waals surface area (Å²) in [5, 5.41) is 2.40. The minimum Gasteiger partial charge on any atom is -1.00 e. The first-order valence-corrected chi connectivity index (χ1v) is 3.94. The highest BCUT2D eigenvalue weighted by Gasteiger charge is 1.97. The largest absolute Gasteiger partial charge is 1.00 e. The van der Waals surface area contributed by atoms with E-state index in [4.69, 9.17) is 0 Å². The van der Waals surface area contributed by atoms with Crippen molar-refractivity contribution >= 4 is 0 Å². The van der Waals surface area contributed by atoms with Crippen LogP contribution in [0.25, 0.3) is 0 Å². The number of hydrogen-bond acceptors (Lipinski definition) is 0.